The molecule has 0 aliphatic heterocycles. The molecule has 0 bridgehead atoms. The molecule has 2 aromatic rings. The molecule has 0 radical (unpaired) electrons. The lowest BCUT2D eigenvalue weighted by molar-refractivity contribution is -0.116. The number of imidazole rings is 1. The molecule has 1 aromatic carbocycles. The molecule has 78 valence electrons. The van der Waals surface area contributed by atoms with E-state index in [2.05, 4.69) is 15.3 Å². The predicted molar refractivity (Wildman–Crippen MR) is 58.6 cm³/mol. The predicted octanol–water partition coefficient (Wildman–Crippen LogP) is 0.503. The first kappa shape index (κ1) is 9.67. The first-order valence-electron chi connectivity index (χ1n) is 4.68. The topological polar surface area (TPSA) is 83.8 Å². The van der Waals surface area contributed by atoms with Crippen LogP contribution in [0.1, 0.15) is 0 Å². The third-order valence-corrected chi connectivity index (χ3v) is 2.14. The average Bonchev–Trinajstić information content (AvgIpc) is 2.72. The van der Waals surface area contributed by atoms with Gasteiger partial charge in [0.25, 0.3) is 0 Å². The molecule has 0 aliphatic carbocycles. The van der Waals surface area contributed by atoms with E-state index in [1.165, 1.54) is 0 Å². The van der Waals surface area contributed by atoms with Crippen molar-refractivity contribution in [2.24, 2.45) is 5.73 Å². The van der Waals surface area contributed by atoms with Crippen LogP contribution in [-0.2, 0) is 4.79 Å². The van der Waals surface area contributed by atoms with Gasteiger partial charge in [-0.3, -0.25) is 4.79 Å². The normalized spacial score (nSPS) is 10.5. The summed E-state index contributed by atoms with van der Waals surface area (Å²) in [6, 6.07) is 5.68. The maximum absolute atomic E-state index is 11.0. The number of hydrogen-bond donors (Lipinski definition) is 3. The Hall–Kier alpha value is -1.88. The molecule has 4 N–H and O–H groups in total. The number of carbonyl (C=O) groups excluding carboxylic acids is 1. The molecule has 1 heterocycles. The van der Waals surface area contributed by atoms with Gasteiger partial charge in [-0.25, -0.2) is 4.98 Å². The number of anilines is 1. The van der Waals surface area contributed by atoms with E-state index in [9.17, 15) is 4.79 Å². The zero-order valence-corrected chi connectivity index (χ0v) is 8.16. The number of carbonyl (C=O) groups is 1. The second-order valence-electron chi connectivity index (χ2n) is 3.23. The third-order valence-electron chi connectivity index (χ3n) is 2.14. The number of ketones is 1. The minimum absolute atomic E-state index is 0.0142. The van der Waals surface area contributed by atoms with Crippen molar-refractivity contribution >= 4 is 22.5 Å². The molecule has 0 aliphatic rings. The Balaban J connectivity index is 2.11. The number of fused-ring (bicyclic) bond motifs is 1. The van der Waals surface area contributed by atoms with Crippen LogP contribution < -0.4 is 11.1 Å². The summed E-state index contributed by atoms with van der Waals surface area (Å²) < 4.78 is 0. The van der Waals surface area contributed by atoms with Crippen LogP contribution in [0.3, 0.4) is 0 Å². The van der Waals surface area contributed by atoms with Crippen molar-refractivity contribution in [1.82, 2.24) is 9.97 Å². The minimum atomic E-state index is -0.0142. The van der Waals surface area contributed by atoms with Gasteiger partial charge in [-0.2, -0.15) is 0 Å². The van der Waals surface area contributed by atoms with Gasteiger partial charge in [0.05, 0.1) is 30.5 Å². The summed E-state index contributed by atoms with van der Waals surface area (Å²) in [5, 5.41) is 3.00. The van der Waals surface area contributed by atoms with Gasteiger partial charge >= 0.3 is 0 Å². The van der Waals surface area contributed by atoms with Crippen LogP contribution in [0.4, 0.5) is 5.69 Å². The van der Waals surface area contributed by atoms with Crippen molar-refractivity contribution in [3.05, 3.63) is 24.5 Å². The lowest BCUT2D eigenvalue weighted by Gasteiger charge is -2.04. The van der Waals surface area contributed by atoms with Crippen LogP contribution in [0.15, 0.2) is 24.5 Å². The zero-order chi connectivity index (χ0) is 10.7. The van der Waals surface area contributed by atoms with E-state index in [4.69, 9.17) is 5.73 Å². The molecular formula is C10H12N4O. The van der Waals surface area contributed by atoms with Crippen molar-refractivity contribution in [3.8, 4) is 0 Å². The molecule has 0 spiro atoms. The number of hydrogen-bond acceptors (Lipinski definition) is 4. The van der Waals surface area contributed by atoms with Gasteiger partial charge < -0.3 is 16.0 Å². The van der Waals surface area contributed by atoms with E-state index in [1.54, 1.807) is 6.33 Å². The molecule has 5 nitrogen and oxygen atoms in total. The molecule has 0 fully saturated rings. The van der Waals surface area contributed by atoms with Gasteiger partial charge in [-0.05, 0) is 18.2 Å². The summed E-state index contributed by atoms with van der Waals surface area (Å²) in [4.78, 5) is 18.1. The Bertz CT molecular complexity index is 477. The largest absolute Gasteiger partial charge is 0.378 e. The number of nitrogens with two attached hydrogens (primary N) is 1. The van der Waals surface area contributed by atoms with Gasteiger partial charge in [0.15, 0.2) is 5.78 Å². The number of benzene rings is 1. The Labute approximate surface area is 86.7 Å². The van der Waals surface area contributed by atoms with Crippen LogP contribution in [0.2, 0.25) is 0 Å². The van der Waals surface area contributed by atoms with Gasteiger partial charge in [0, 0.05) is 5.69 Å². The summed E-state index contributed by atoms with van der Waals surface area (Å²) in [7, 11) is 0. The van der Waals surface area contributed by atoms with Crippen molar-refractivity contribution in [2.45, 2.75) is 0 Å². The van der Waals surface area contributed by atoms with E-state index in [0.29, 0.717) is 0 Å². The van der Waals surface area contributed by atoms with E-state index in [1.807, 2.05) is 18.2 Å². The van der Waals surface area contributed by atoms with E-state index >= 15 is 0 Å². The maximum Gasteiger partial charge on any atom is 0.165 e. The Morgan fingerprint density at radius 3 is 3.20 bits per heavy atom. The summed E-state index contributed by atoms with van der Waals surface area (Å²) in [6.45, 7) is 0.329. The highest BCUT2D eigenvalue weighted by atomic mass is 16.1. The molecule has 5 heteroatoms. The smallest absolute Gasteiger partial charge is 0.165 e. The summed E-state index contributed by atoms with van der Waals surface area (Å²) >= 11 is 0. The Morgan fingerprint density at radius 1 is 1.53 bits per heavy atom. The molecular weight excluding hydrogens is 192 g/mol. The monoisotopic (exact) mass is 204 g/mol. The highest BCUT2D eigenvalue weighted by Gasteiger charge is 2.00. The van der Waals surface area contributed by atoms with E-state index < -0.39 is 0 Å². The first-order chi connectivity index (χ1) is 7.29. The number of rotatable bonds is 4. The van der Waals surface area contributed by atoms with Crippen LogP contribution in [-0.4, -0.2) is 28.8 Å². The second kappa shape index (κ2) is 4.10. The fraction of sp³-hybridized carbons (Fsp3) is 0.200. The zero-order valence-electron chi connectivity index (χ0n) is 8.16. The number of Topliss-reactive ketones (excluding diaryl/α,β-unsaturated/α-hetero) is 1. The molecule has 0 saturated carbocycles. The van der Waals surface area contributed by atoms with Crippen LogP contribution >= 0.6 is 0 Å². The number of H-pyrrole nitrogens is 1. The van der Waals surface area contributed by atoms with Gasteiger partial charge in [-0.15, -0.1) is 0 Å². The van der Waals surface area contributed by atoms with Crippen LogP contribution in [0.5, 0.6) is 0 Å². The molecule has 0 saturated heterocycles. The average molecular weight is 204 g/mol. The number of nitrogens with one attached hydrogen (secondary N) is 2. The third kappa shape index (κ3) is 2.13. The molecule has 1 aromatic heterocycles. The molecule has 0 atom stereocenters. The highest BCUT2D eigenvalue weighted by Crippen LogP contribution is 2.14. The second-order valence-corrected chi connectivity index (χ2v) is 3.23. The highest BCUT2D eigenvalue weighted by molar-refractivity contribution is 5.85. The van der Waals surface area contributed by atoms with Gasteiger partial charge in [0.1, 0.15) is 0 Å². The minimum Gasteiger partial charge on any atom is -0.378 e. The number of nitrogens with zero attached hydrogens (tertiary/aromatic N) is 1. The van der Waals surface area contributed by atoms with Gasteiger partial charge in [0.2, 0.25) is 0 Å². The Kier molecular flexibility index (Phi) is 2.64. The Morgan fingerprint density at radius 2 is 2.40 bits per heavy atom. The van der Waals surface area contributed by atoms with Crippen LogP contribution in [0.25, 0.3) is 11.0 Å². The van der Waals surface area contributed by atoms with E-state index in [0.717, 1.165) is 16.7 Å². The van der Waals surface area contributed by atoms with Crippen molar-refractivity contribution < 1.29 is 4.79 Å². The van der Waals surface area contributed by atoms with Crippen molar-refractivity contribution in [1.29, 1.82) is 0 Å². The summed E-state index contributed by atoms with van der Waals surface area (Å²) in [5.41, 5.74) is 7.94. The lowest BCUT2D eigenvalue weighted by Crippen LogP contribution is -2.22. The van der Waals surface area contributed by atoms with Crippen LogP contribution in [0, 0.1) is 0 Å². The fourth-order valence-electron chi connectivity index (χ4n) is 1.32. The maximum atomic E-state index is 11.0. The summed E-state index contributed by atoms with van der Waals surface area (Å²) in [5.74, 6) is -0.0142. The van der Waals surface area contributed by atoms with Gasteiger partial charge in [-0.1, -0.05) is 0 Å². The number of aromatic nitrogens is 2. The molecule has 0 unspecified atom stereocenters. The van der Waals surface area contributed by atoms with Crippen molar-refractivity contribution in [3.63, 3.8) is 0 Å². The fourth-order valence-corrected chi connectivity index (χ4v) is 1.32. The van der Waals surface area contributed by atoms with Crippen molar-refractivity contribution in [2.75, 3.05) is 18.4 Å². The molecule has 0 amide bonds. The molecule has 2 rings (SSSR count). The number of aromatic amines is 1. The standard InChI is InChI=1S/C10H12N4O/c11-4-8(15)5-12-7-1-2-9-10(3-7)14-6-13-9/h1-3,6,12H,4-5,11H2,(H,13,14). The SMILES string of the molecule is NCC(=O)CNc1ccc2nc[nH]c2c1. The van der Waals surface area contributed by atoms with E-state index in [-0.39, 0.29) is 18.9 Å². The quantitative estimate of drug-likeness (QED) is 0.677. The first-order valence-corrected chi connectivity index (χ1v) is 4.68. The lowest BCUT2D eigenvalue weighted by atomic mass is 10.2. The summed E-state index contributed by atoms with van der Waals surface area (Å²) in [6.07, 6.45) is 1.64. The molecule has 15 heavy (non-hydrogen) atoms.